The molecule has 0 bridgehead atoms. The fourth-order valence-electron chi connectivity index (χ4n) is 1.62. The minimum Gasteiger partial charge on any atom is -0.463 e. The lowest BCUT2D eigenvalue weighted by atomic mass is 10.0. The van der Waals surface area contributed by atoms with E-state index in [-0.39, 0.29) is 6.61 Å². The molecule has 2 rings (SSSR count). The zero-order valence-electron chi connectivity index (χ0n) is 11.0. The van der Waals surface area contributed by atoms with E-state index in [0.29, 0.717) is 4.88 Å². The Morgan fingerprint density at radius 2 is 2.05 bits per heavy atom. The Morgan fingerprint density at radius 1 is 1.30 bits per heavy atom. The number of aliphatic hydroxyl groups is 1. The van der Waals surface area contributed by atoms with Crippen LogP contribution in [0.5, 0.6) is 0 Å². The van der Waals surface area contributed by atoms with Crippen molar-refractivity contribution in [3.8, 4) is 11.8 Å². The summed E-state index contributed by atoms with van der Waals surface area (Å²) in [6.45, 7) is 1.89. The monoisotopic (exact) mass is 286 g/mol. The summed E-state index contributed by atoms with van der Waals surface area (Å²) in [4.78, 5) is 12.5. The lowest BCUT2D eigenvalue weighted by molar-refractivity contribution is -0.159. The maximum atomic E-state index is 12.0. The maximum Gasteiger partial charge on any atom is 0.356 e. The fourth-order valence-corrected chi connectivity index (χ4v) is 2.38. The Kier molecular flexibility index (Phi) is 4.57. The molecule has 0 radical (unpaired) electrons. The number of hydrogen-bond donors (Lipinski definition) is 1. The average molecular weight is 286 g/mol. The van der Waals surface area contributed by atoms with Crippen molar-refractivity contribution in [1.29, 1.82) is 0 Å². The van der Waals surface area contributed by atoms with Crippen molar-refractivity contribution in [3.05, 3.63) is 58.3 Å². The van der Waals surface area contributed by atoms with Gasteiger partial charge in [0, 0.05) is 5.56 Å². The van der Waals surface area contributed by atoms with Crippen LogP contribution in [0.2, 0.25) is 0 Å². The van der Waals surface area contributed by atoms with Crippen LogP contribution in [0.25, 0.3) is 0 Å². The molecule has 1 N–H and O–H groups in total. The Balaban J connectivity index is 2.38. The van der Waals surface area contributed by atoms with Crippen molar-refractivity contribution in [1.82, 2.24) is 0 Å². The van der Waals surface area contributed by atoms with Crippen LogP contribution in [-0.2, 0) is 15.1 Å². The lowest BCUT2D eigenvalue weighted by Crippen LogP contribution is -2.35. The van der Waals surface area contributed by atoms with Crippen LogP contribution in [0.15, 0.2) is 47.8 Å². The molecule has 0 aliphatic rings. The van der Waals surface area contributed by atoms with Crippen LogP contribution in [-0.4, -0.2) is 17.7 Å². The van der Waals surface area contributed by atoms with E-state index >= 15 is 0 Å². The number of ether oxygens (including phenoxy) is 1. The Labute approximate surface area is 121 Å². The molecule has 0 saturated heterocycles. The lowest BCUT2D eigenvalue weighted by Gasteiger charge is -2.18. The van der Waals surface area contributed by atoms with Gasteiger partial charge in [0.25, 0.3) is 5.60 Å². The van der Waals surface area contributed by atoms with E-state index in [0.717, 1.165) is 5.56 Å². The summed E-state index contributed by atoms with van der Waals surface area (Å²) in [6.07, 6.45) is 0. The predicted molar refractivity (Wildman–Crippen MR) is 78.2 cm³/mol. The Hall–Kier alpha value is -2.09. The summed E-state index contributed by atoms with van der Waals surface area (Å²) in [5.74, 6) is 4.71. The van der Waals surface area contributed by atoms with Gasteiger partial charge in [-0.25, -0.2) is 4.79 Å². The van der Waals surface area contributed by atoms with E-state index in [2.05, 4.69) is 11.8 Å². The number of benzene rings is 1. The molecule has 1 aromatic heterocycles. The highest BCUT2D eigenvalue weighted by atomic mass is 32.1. The van der Waals surface area contributed by atoms with E-state index in [1.54, 1.807) is 24.4 Å². The molecule has 0 saturated carbocycles. The number of carbonyl (C=O) groups excluding carboxylic acids is 1. The predicted octanol–water partition coefficient (Wildman–Crippen LogP) is 2.55. The highest BCUT2D eigenvalue weighted by molar-refractivity contribution is 7.10. The minimum absolute atomic E-state index is 0.194. The van der Waals surface area contributed by atoms with Crippen LogP contribution in [0, 0.1) is 11.8 Å². The Morgan fingerprint density at radius 3 is 2.65 bits per heavy atom. The first kappa shape index (κ1) is 14.3. The van der Waals surface area contributed by atoms with Crippen molar-refractivity contribution in [2.75, 3.05) is 6.61 Å². The minimum atomic E-state index is -1.92. The zero-order chi connectivity index (χ0) is 14.4. The molecule has 0 spiro atoms. The molecule has 0 aliphatic carbocycles. The fraction of sp³-hybridized carbons (Fsp3) is 0.188. The largest absolute Gasteiger partial charge is 0.463 e. The quantitative estimate of drug-likeness (QED) is 0.697. The molecule has 3 nitrogen and oxygen atoms in total. The van der Waals surface area contributed by atoms with Gasteiger partial charge in [0.2, 0.25) is 0 Å². The van der Waals surface area contributed by atoms with Crippen LogP contribution in [0.1, 0.15) is 17.4 Å². The molecule has 4 heteroatoms. The van der Waals surface area contributed by atoms with Crippen molar-refractivity contribution < 1.29 is 14.6 Å². The van der Waals surface area contributed by atoms with Gasteiger partial charge in [0.05, 0.1) is 11.5 Å². The molecular weight excluding hydrogens is 272 g/mol. The van der Waals surface area contributed by atoms with Gasteiger partial charge in [-0.05, 0) is 36.4 Å². The smallest absolute Gasteiger partial charge is 0.356 e. The zero-order valence-corrected chi connectivity index (χ0v) is 11.8. The van der Waals surface area contributed by atoms with Crippen LogP contribution < -0.4 is 0 Å². The van der Waals surface area contributed by atoms with Gasteiger partial charge in [-0.1, -0.05) is 30.2 Å². The van der Waals surface area contributed by atoms with E-state index < -0.39 is 11.6 Å². The first-order chi connectivity index (χ1) is 9.66. The van der Waals surface area contributed by atoms with E-state index in [4.69, 9.17) is 4.74 Å². The molecule has 102 valence electrons. The van der Waals surface area contributed by atoms with Gasteiger partial charge < -0.3 is 9.84 Å². The molecule has 0 unspecified atom stereocenters. The van der Waals surface area contributed by atoms with E-state index in [1.165, 1.54) is 11.3 Å². The Bertz CT molecular complexity index is 623. The van der Waals surface area contributed by atoms with Crippen molar-refractivity contribution >= 4 is 17.3 Å². The number of thiophene rings is 1. The first-order valence-electron chi connectivity index (χ1n) is 6.18. The van der Waals surface area contributed by atoms with Gasteiger partial charge in [-0.15, -0.1) is 11.3 Å². The SMILES string of the molecule is CCOC(=O)[C@](O)(C#Cc1ccccc1)c1cccs1. The molecule has 1 heterocycles. The van der Waals surface area contributed by atoms with E-state index in [1.807, 2.05) is 30.3 Å². The van der Waals surface area contributed by atoms with Gasteiger partial charge in [-0.2, -0.15) is 0 Å². The summed E-state index contributed by atoms with van der Waals surface area (Å²) in [5.41, 5.74) is -1.19. The van der Waals surface area contributed by atoms with Gasteiger partial charge in [-0.3, -0.25) is 0 Å². The summed E-state index contributed by atoms with van der Waals surface area (Å²) >= 11 is 1.27. The number of rotatable bonds is 3. The molecule has 0 fully saturated rings. The third-order valence-corrected chi connectivity index (χ3v) is 3.59. The normalized spacial score (nSPS) is 12.9. The summed E-state index contributed by atoms with van der Waals surface area (Å²) < 4.78 is 4.93. The summed E-state index contributed by atoms with van der Waals surface area (Å²) in [5, 5.41) is 12.4. The number of hydrogen-bond acceptors (Lipinski definition) is 4. The van der Waals surface area contributed by atoms with Crippen molar-refractivity contribution in [2.45, 2.75) is 12.5 Å². The molecule has 0 aliphatic heterocycles. The third kappa shape index (κ3) is 3.08. The van der Waals surface area contributed by atoms with E-state index in [9.17, 15) is 9.90 Å². The standard InChI is InChI=1S/C16H14O3S/c1-2-19-15(17)16(18,14-9-6-12-20-14)11-10-13-7-4-3-5-8-13/h3-9,12,18H,2H2,1H3/t16-/m0/s1. The summed E-state index contributed by atoms with van der Waals surface area (Å²) in [6, 6.07) is 12.6. The average Bonchev–Trinajstić information content (AvgIpc) is 3.01. The maximum absolute atomic E-state index is 12.0. The van der Waals surface area contributed by atoms with Gasteiger partial charge >= 0.3 is 5.97 Å². The highest BCUT2D eigenvalue weighted by Gasteiger charge is 2.39. The molecule has 20 heavy (non-hydrogen) atoms. The topological polar surface area (TPSA) is 46.5 Å². The third-order valence-electron chi connectivity index (χ3n) is 2.61. The van der Waals surface area contributed by atoms with Gasteiger partial charge in [0.15, 0.2) is 0 Å². The van der Waals surface area contributed by atoms with Crippen molar-refractivity contribution in [3.63, 3.8) is 0 Å². The van der Waals surface area contributed by atoms with Crippen molar-refractivity contribution in [2.24, 2.45) is 0 Å². The first-order valence-corrected chi connectivity index (χ1v) is 7.06. The molecular formula is C16H14O3S. The van der Waals surface area contributed by atoms with Crippen LogP contribution in [0.4, 0.5) is 0 Å². The van der Waals surface area contributed by atoms with Crippen LogP contribution in [0.3, 0.4) is 0 Å². The molecule has 1 atom stereocenters. The summed E-state index contributed by atoms with van der Waals surface area (Å²) in [7, 11) is 0. The second kappa shape index (κ2) is 6.38. The highest BCUT2D eigenvalue weighted by Crippen LogP contribution is 2.26. The van der Waals surface area contributed by atoms with Gasteiger partial charge in [0.1, 0.15) is 0 Å². The number of esters is 1. The second-order valence-corrected chi connectivity index (χ2v) is 4.97. The molecule has 1 aromatic carbocycles. The van der Waals surface area contributed by atoms with Crippen LogP contribution >= 0.6 is 11.3 Å². The second-order valence-electron chi connectivity index (χ2n) is 4.02. The number of carbonyl (C=O) groups is 1. The molecule has 2 aromatic rings. The molecule has 0 amide bonds.